The predicted molar refractivity (Wildman–Crippen MR) is 74.1 cm³/mol. The van der Waals surface area contributed by atoms with E-state index >= 15 is 0 Å². The lowest BCUT2D eigenvalue weighted by atomic mass is 9.94. The van der Waals surface area contributed by atoms with Crippen LogP contribution in [0, 0.1) is 5.41 Å². The van der Waals surface area contributed by atoms with E-state index in [0.29, 0.717) is 0 Å². The minimum atomic E-state index is -0.572. The number of amides is 1. The van der Waals surface area contributed by atoms with Gasteiger partial charge in [-0.15, -0.1) is 11.6 Å². The van der Waals surface area contributed by atoms with Crippen LogP contribution < -0.4 is 10.1 Å². The number of carbonyl (C=O) groups is 1. The van der Waals surface area contributed by atoms with Crippen LogP contribution in [0.4, 0.5) is 0 Å². The topological polar surface area (TPSA) is 38.3 Å². The van der Waals surface area contributed by atoms with Crippen LogP contribution in [0.25, 0.3) is 0 Å². The third-order valence-corrected chi connectivity index (χ3v) is 3.57. The second kappa shape index (κ2) is 6.10. The SMILES string of the molecule is COc1ccccc1[C@@H](C)NC(=O)C(C)(C)CCl. The molecule has 0 bridgehead atoms. The molecule has 0 aliphatic carbocycles. The quantitative estimate of drug-likeness (QED) is 0.834. The number of benzene rings is 1. The van der Waals surface area contributed by atoms with Crippen molar-refractivity contribution in [3.05, 3.63) is 29.8 Å². The van der Waals surface area contributed by atoms with Crippen molar-refractivity contribution in [2.45, 2.75) is 26.8 Å². The Morgan fingerprint density at radius 2 is 2.06 bits per heavy atom. The van der Waals surface area contributed by atoms with E-state index < -0.39 is 5.41 Å². The monoisotopic (exact) mass is 269 g/mol. The second-order valence-electron chi connectivity index (χ2n) is 4.95. The van der Waals surface area contributed by atoms with Crippen LogP contribution in [0.2, 0.25) is 0 Å². The molecule has 0 aromatic heterocycles. The Morgan fingerprint density at radius 1 is 1.44 bits per heavy atom. The maximum absolute atomic E-state index is 12.0. The molecule has 1 aromatic rings. The molecule has 0 spiro atoms. The van der Waals surface area contributed by atoms with Gasteiger partial charge < -0.3 is 10.1 Å². The second-order valence-corrected chi connectivity index (χ2v) is 5.22. The summed E-state index contributed by atoms with van der Waals surface area (Å²) in [5.74, 6) is 1.00. The van der Waals surface area contributed by atoms with Gasteiger partial charge in [0, 0.05) is 11.4 Å². The number of halogens is 1. The lowest BCUT2D eigenvalue weighted by molar-refractivity contribution is -0.129. The van der Waals surface area contributed by atoms with Gasteiger partial charge in [0.1, 0.15) is 5.75 Å². The Kier molecular flexibility index (Phi) is 5.03. The summed E-state index contributed by atoms with van der Waals surface area (Å²) < 4.78 is 5.28. The molecule has 0 saturated heterocycles. The average Bonchev–Trinajstić information content (AvgIpc) is 2.38. The van der Waals surface area contributed by atoms with Crippen molar-refractivity contribution in [3.63, 3.8) is 0 Å². The number of ether oxygens (including phenoxy) is 1. The van der Waals surface area contributed by atoms with Crippen LogP contribution in [0.5, 0.6) is 5.75 Å². The first-order valence-electron chi connectivity index (χ1n) is 5.92. The van der Waals surface area contributed by atoms with Gasteiger partial charge in [0.25, 0.3) is 0 Å². The van der Waals surface area contributed by atoms with Crippen molar-refractivity contribution in [2.75, 3.05) is 13.0 Å². The Morgan fingerprint density at radius 3 is 2.61 bits per heavy atom. The molecule has 3 nitrogen and oxygen atoms in total. The van der Waals surface area contributed by atoms with E-state index in [2.05, 4.69) is 5.32 Å². The van der Waals surface area contributed by atoms with Crippen LogP contribution in [0.3, 0.4) is 0 Å². The van der Waals surface area contributed by atoms with Gasteiger partial charge in [-0.1, -0.05) is 18.2 Å². The Balaban J connectivity index is 2.83. The van der Waals surface area contributed by atoms with Crippen LogP contribution in [0.15, 0.2) is 24.3 Å². The van der Waals surface area contributed by atoms with Crippen molar-refractivity contribution in [2.24, 2.45) is 5.41 Å². The fraction of sp³-hybridized carbons (Fsp3) is 0.500. The number of para-hydroxylation sites is 1. The molecular weight excluding hydrogens is 250 g/mol. The summed E-state index contributed by atoms with van der Waals surface area (Å²) in [6, 6.07) is 7.53. The number of nitrogens with one attached hydrogen (secondary N) is 1. The molecule has 4 heteroatoms. The first kappa shape index (κ1) is 14.8. The van der Waals surface area contributed by atoms with Crippen molar-refractivity contribution < 1.29 is 9.53 Å². The molecule has 0 heterocycles. The zero-order chi connectivity index (χ0) is 13.8. The van der Waals surface area contributed by atoms with Gasteiger partial charge in [0.05, 0.1) is 18.6 Å². The van der Waals surface area contributed by atoms with E-state index in [1.165, 1.54) is 0 Å². The number of carbonyl (C=O) groups excluding carboxylic acids is 1. The van der Waals surface area contributed by atoms with Gasteiger partial charge in [-0.25, -0.2) is 0 Å². The van der Waals surface area contributed by atoms with E-state index in [1.54, 1.807) is 7.11 Å². The fourth-order valence-corrected chi connectivity index (χ4v) is 1.68. The van der Waals surface area contributed by atoms with Gasteiger partial charge in [0.2, 0.25) is 5.91 Å². The fourth-order valence-electron chi connectivity index (χ4n) is 1.55. The highest BCUT2D eigenvalue weighted by molar-refractivity contribution is 6.19. The molecule has 1 rings (SSSR count). The molecule has 1 N–H and O–H groups in total. The molecule has 0 saturated carbocycles. The number of methoxy groups -OCH3 is 1. The molecule has 1 amide bonds. The standard InChI is InChI=1S/C14H20ClNO2/c1-10(16-13(17)14(2,3)9-15)11-7-5-6-8-12(11)18-4/h5-8,10H,9H2,1-4H3,(H,16,17)/t10-/m1/s1. The summed E-state index contributed by atoms with van der Waals surface area (Å²) >= 11 is 5.79. The van der Waals surface area contributed by atoms with Gasteiger partial charge in [-0.3, -0.25) is 4.79 Å². The molecule has 1 atom stereocenters. The largest absolute Gasteiger partial charge is 0.496 e. The summed E-state index contributed by atoms with van der Waals surface area (Å²) in [6.45, 7) is 5.58. The third-order valence-electron chi connectivity index (χ3n) is 2.90. The molecular formula is C14H20ClNO2. The van der Waals surface area contributed by atoms with Crippen molar-refractivity contribution in [3.8, 4) is 5.75 Å². The first-order chi connectivity index (χ1) is 8.42. The summed E-state index contributed by atoms with van der Waals surface area (Å²) in [5, 5.41) is 2.96. The minimum Gasteiger partial charge on any atom is -0.496 e. The van der Waals surface area contributed by atoms with Gasteiger partial charge in [0.15, 0.2) is 0 Å². The maximum atomic E-state index is 12.0. The molecule has 1 aromatic carbocycles. The highest BCUT2D eigenvalue weighted by atomic mass is 35.5. The number of rotatable bonds is 5. The number of hydrogen-bond acceptors (Lipinski definition) is 2. The van der Waals surface area contributed by atoms with Gasteiger partial charge in [-0.05, 0) is 26.8 Å². The summed E-state index contributed by atoms with van der Waals surface area (Å²) in [4.78, 5) is 12.0. The highest BCUT2D eigenvalue weighted by Gasteiger charge is 2.28. The zero-order valence-electron chi connectivity index (χ0n) is 11.3. The lowest BCUT2D eigenvalue weighted by Crippen LogP contribution is -2.39. The van der Waals surface area contributed by atoms with Crippen LogP contribution >= 0.6 is 11.6 Å². The van der Waals surface area contributed by atoms with Crippen LogP contribution in [0.1, 0.15) is 32.4 Å². The zero-order valence-corrected chi connectivity index (χ0v) is 12.0. The van der Waals surface area contributed by atoms with Crippen molar-refractivity contribution >= 4 is 17.5 Å². The van der Waals surface area contributed by atoms with Crippen molar-refractivity contribution in [1.82, 2.24) is 5.32 Å². The summed E-state index contributed by atoms with van der Waals surface area (Å²) in [7, 11) is 1.62. The van der Waals surface area contributed by atoms with E-state index in [-0.39, 0.29) is 17.8 Å². The smallest absolute Gasteiger partial charge is 0.227 e. The number of alkyl halides is 1. The minimum absolute atomic E-state index is 0.0593. The molecule has 0 fully saturated rings. The average molecular weight is 270 g/mol. The summed E-state index contributed by atoms with van der Waals surface area (Å²) in [6.07, 6.45) is 0. The van der Waals surface area contributed by atoms with E-state index in [0.717, 1.165) is 11.3 Å². The molecule has 100 valence electrons. The number of hydrogen-bond donors (Lipinski definition) is 1. The van der Waals surface area contributed by atoms with Gasteiger partial charge in [-0.2, -0.15) is 0 Å². The molecule has 0 unspecified atom stereocenters. The van der Waals surface area contributed by atoms with Crippen LogP contribution in [-0.4, -0.2) is 18.9 Å². The van der Waals surface area contributed by atoms with Gasteiger partial charge >= 0.3 is 0 Å². The molecule has 0 radical (unpaired) electrons. The normalized spacial score (nSPS) is 12.9. The third kappa shape index (κ3) is 3.39. The first-order valence-corrected chi connectivity index (χ1v) is 6.45. The van der Waals surface area contributed by atoms with E-state index in [1.807, 2.05) is 45.0 Å². The lowest BCUT2D eigenvalue weighted by Gasteiger charge is -2.24. The van der Waals surface area contributed by atoms with E-state index in [9.17, 15) is 4.79 Å². The van der Waals surface area contributed by atoms with E-state index in [4.69, 9.17) is 16.3 Å². The molecule has 0 aliphatic rings. The Labute approximate surface area is 113 Å². The summed E-state index contributed by atoms with van der Waals surface area (Å²) in [5.41, 5.74) is 0.386. The Hall–Kier alpha value is -1.22. The van der Waals surface area contributed by atoms with Crippen molar-refractivity contribution in [1.29, 1.82) is 0 Å². The Bertz CT molecular complexity index is 418. The molecule has 18 heavy (non-hydrogen) atoms. The molecule has 0 aliphatic heterocycles. The predicted octanol–water partition coefficient (Wildman–Crippen LogP) is 3.14. The maximum Gasteiger partial charge on any atom is 0.227 e. The van der Waals surface area contributed by atoms with Crippen LogP contribution in [-0.2, 0) is 4.79 Å². The highest BCUT2D eigenvalue weighted by Crippen LogP contribution is 2.26.